The van der Waals surface area contributed by atoms with Gasteiger partial charge in [-0.2, -0.15) is 0 Å². The number of primary amides is 1. The molecule has 5 nitrogen and oxygen atoms in total. The summed E-state index contributed by atoms with van der Waals surface area (Å²) in [7, 11) is 0. The summed E-state index contributed by atoms with van der Waals surface area (Å²) in [5, 5.41) is 2.78. The van der Waals surface area contributed by atoms with Crippen LogP contribution in [0.5, 0.6) is 0 Å². The van der Waals surface area contributed by atoms with Crippen molar-refractivity contribution in [3.63, 3.8) is 0 Å². The molecule has 0 bridgehead atoms. The molecule has 0 aromatic heterocycles. The molecule has 2 amide bonds. The highest BCUT2D eigenvalue weighted by Gasteiger charge is 2.38. The summed E-state index contributed by atoms with van der Waals surface area (Å²) in [6.45, 7) is 3.35. The maximum Gasteiger partial charge on any atom is 0.225 e. The fraction of sp³-hybridized carbons (Fsp3) is 0.818. The zero-order valence-corrected chi connectivity index (χ0v) is 9.75. The monoisotopic (exact) mass is 228 g/mol. The van der Waals surface area contributed by atoms with Crippen LogP contribution in [0.1, 0.15) is 32.6 Å². The van der Waals surface area contributed by atoms with Crippen LogP contribution in [0.3, 0.4) is 0 Å². The van der Waals surface area contributed by atoms with E-state index in [0.717, 1.165) is 6.42 Å². The van der Waals surface area contributed by atoms with E-state index in [2.05, 4.69) is 5.32 Å². The summed E-state index contributed by atoms with van der Waals surface area (Å²) >= 11 is 0. The number of ether oxygens (including phenoxy) is 1. The zero-order valence-electron chi connectivity index (χ0n) is 9.75. The van der Waals surface area contributed by atoms with Gasteiger partial charge in [0.2, 0.25) is 11.8 Å². The van der Waals surface area contributed by atoms with Crippen LogP contribution in [-0.2, 0) is 14.3 Å². The molecule has 3 N–H and O–H groups in total. The number of nitrogens with one attached hydrogen (secondary N) is 1. The van der Waals surface area contributed by atoms with E-state index in [1.54, 1.807) is 0 Å². The molecule has 16 heavy (non-hydrogen) atoms. The maximum atomic E-state index is 11.5. The summed E-state index contributed by atoms with van der Waals surface area (Å²) in [6.07, 6.45) is 2.48. The number of carbonyl (C=O) groups excluding carboxylic acids is 2. The van der Waals surface area contributed by atoms with Gasteiger partial charge >= 0.3 is 0 Å². The van der Waals surface area contributed by atoms with E-state index >= 15 is 0 Å². The van der Waals surface area contributed by atoms with Crippen molar-refractivity contribution < 1.29 is 14.3 Å². The highest BCUT2D eigenvalue weighted by atomic mass is 16.5. The molecule has 0 radical (unpaired) electrons. The molecule has 0 spiro atoms. The largest absolute Gasteiger partial charge is 0.381 e. The molecule has 1 aliphatic heterocycles. The van der Waals surface area contributed by atoms with Gasteiger partial charge in [0.25, 0.3) is 0 Å². The quantitative estimate of drug-likeness (QED) is 0.704. The lowest BCUT2D eigenvalue weighted by Gasteiger charge is -2.34. The molecule has 0 unspecified atom stereocenters. The third-order valence-electron chi connectivity index (χ3n) is 3.07. The molecule has 1 rings (SSSR count). The van der Waals surface area contributed by atoms with Gasteiger partial charge in [-0.15, -0.1) is 0 Å². The Morgan fingerprint density at radius 2 is 2.00 bits per heavy atom. The summed E-state index contributed by atoms with van der Waals surface area (Å²) < 4.78 is 5.21. The van der Waals surface area contributed by atoms with Crippen molar-refractivity contribution in [1.82, 2.24) is 5.32 Å². The number of amides is 2. The van der Waals surface area contributed by atoms with E-state index in [0.29, 0.717) is 39.0 Å². The molecule has 1 fully saturated rings. The molecule has 1 saturated heterocycles. The van der Waals surface area contributed by atoms with Crippen molar-refractivity contribution in [2.75, 3.05) is 19.8 Å². The Bertz CT molecular complexity index is 260. The van der Waals surface area contributed by atoms with Gasteiger partial charge in [-0.05, 0) is 19.3 Å². The Balaban J connectivity index is 2.51. The fourth-order valence-electron chi connectivity index (χ4n) is 1.86. The molecule has 1 heterocycles. The van der Waals surface area contributed by atoms with Crippen molar-refractivity contribution in [3.8, 4) is 0 Å². The standard InChI is InChI=1S/C11H20N2O3/c1-2-3-9(14)13-8-11(10(12)15)4-6-16-7-5-11/h2-8H2,1H3,(H2,12,15)(H,13,14). The third kappa shape index (κ3) is 3.20. The first-order valence-electron chi connectivity index (χ1n) is 5.75. The summed E-state index contributed by atoms with van der Waals surface area (Å²) in [4.78, 5) is 22.8. The predicted octanol–water partition coefficient (Wildman–Crippen LogP) is 0.185. The summed E-state index contributed by atoms with van der Waals surface area (Å²) in [5.41, 5.74) is 4.81. The van der Waals surface area contributed by atoms with E-state index in [1.807, 2.05) is 6.92 Å². The van der Waals surface area contributed by atoms with Crippen LogP contribution in [-0.4, -0.2) is 31.6 Å². The van der Waals surface area contributed by atoms with E-state index < -0.39 is 5.41 Å². The van der Waals surface area contributed by atoms with Gasteiger partial charge < -0.3 is 15.8 Å². The molecule has 92 valence electrons. The minimum atomic E-state index is -0.609. The molecule has 0 aromatic rings. The van der Waals surface area contributed by atoms with Crippen LogP contribution in [0.15, 0.2) is 0 Å². The fourth-order valence-corrected chi connectivity index (χ4v) is 1.86. The lowest BCUT2D eigenvalue weighted by atomic mass is 9.79. The Morgan fingerprint density at radius 3 is 2.50 bits per heavy atom. The van der Waals surface area contributed by atoms with Gasteiger partial charge in [-0.3, -0.25) is 9.59 Å². The van der Waals surface area contributed by atoms with Crippen LogP contribution < -0.4 is 11.1 Å². The number of nitrogens with two attached hydrogens (primary N) is 1. The minimum Gasteiger partial charge on any atom is -0.381 e. The normalized spacial score (nSPS) is 19.1. The topological polar surface area (TPSA) is 81.4 Å². The molecule has 1 aliphatic rings. The van der Waals surface area contributed by atoms with Gasteiger partial charge in [0.05, 0.1) is 5.41 Å². The number of rotatable bonds is 5. The van der Waals surface area contributed by atoms with Crippen molar-refractivity contribution in [2.24, 2.45) is 11.1 Å². The van der Waals surface area contributed by atoms with Crippen LogP contribution >= 0.6 is 0 Å². The molecule has 0 aliphatic carbocycles. The van der Waals surface area contributed by atoms with Crippen LogP contribution in [0.25, 0.3) is 0 Å². The molecular weight excluding hydrogens is 208 g/mol. The Morgan fingerprint density at radius 1 is 1.38 bits per heavy atom. The van der Waals surface area contributed by atoms with Crippen LogP contribution in [0.4, 0.5) is 0 Å². The second-order valence-electron chi connectivity index (χ2n) is 4.28. The van der Waals surface area contributed by atoms with Crippen molar-refractivity contribution in [2.45, 2.75) is 32.6 Å². The number of carbonyl (C=O) groups is 2. The van der Waals surface area contributed by atoms with Gasteiger partial charge in [0, 0.05) is 26.2 Å². The SMILES string of the molecule is CCCC(=O)NCC1(C(N)=O)CCOCC1. The van der Waals surface area contributed by atoms with E-state index in [-0.39, 0.29) is 11.8 Å². The van der Waals surface area contributed by atoms with Crippen molar-refractivity contribution in [1.29, 1.82) is 0 Å². The Labute approximate surface area is 95.7 Å². The summed E-state index contributed by atoms with van der Waals surface area (Å²) in [6, 6.07) is 0. The predicted molar refractivity (Wildman–Crippen MR) is 59.6 cm³/mol. The average molecular weight is 228 g/mol. The second kappa shape index (κ2) is 5.84. The van der Waals surface area contributed by atoms with Gasteiger partial charge in [0.1, 0.15) is 0 Å². The molecular formula is C11H20N2O3. The lowest BCUT2D eigenvalue weighted by molar-refractivity contribution is -0.134. The third-order valence-corrected chi connectivity index (χ3v) is 3.07. The molecule has 0 atom stereocenters. The highest BCUT2D eigenvalue weighted by Crippen LogP contribution is 2.29. The van der Waals surface area contributed by atoms with Gasteiger partial charge in [0.15, 0.2) is 0 Å². The van der Waals surface area contributed by atoms with Crippen LogP contribution in [0.2, 0.25) is 0 Å². The Kier molecular flexibility index (Phi) is 4.73. The summed E-state index contributed by atoms with van der Waals surface area (Å²) in [5.74, 6) is -0.359. The van der Waals surface area contributed by atoms with E-state index in [9.17, 15) is 9.59 Å². The number of hydrogen-bond acceptors (Lipinski definition) is 3. The molecule has 0 aromatic carbocycles. The van der Waals surface area contributed by atoms with Gasteiger partial charge in [-0.1, -0.05) is 6.92 Å². The second-order valence-corrected chi connectivity index (χ2v) is 4.28. The van der Waals surface area contributed by atoms with Crippen molar-refractivity contribution >= 4 is 11.8 Å². The first kappa shape index (κ1) is 13.0. The van der Waals surface area contributed by atoms with E-state index in [4.69, 9.17) is 10.5 Å². The molecule has 5 heteroatoms. The van der Waals surface area contributed by atoms with Gasteiger partial charge in [-0.25, -0.2) is 0 Å². The zero-order chi connectivity index (χ0) is 12.0. The average Bonchev–Trinajstić information content (AvgIpc) is 2.28. The number of hydrogen-bond donors (Lipinski definition) is 2. The van der Waals surface area contributed by atoms with Crippen LogP contribution in [0, 0.1) is 5.41 Å². The van der Waals surface area contributed by atoms with Crippen molar-refractivity contribution in [3.05, 3.63) is 0 Å². The highest BCUT2D eigenvalue weighted by molar-refractivity contribution is 5.82. The van der Waals surface area contributed by atoms with E-state index in [1.165, 1.54) is 0 Å². The Hall–Kier alpha value is -1.10. The smallest absolute Gasteiger partial charge is 0.225 e. The molecule has 0 saturated carbocycles. The minimum absolute atomic E-state index is 0.0189. The first-order chi connectivity index (χ1) is 7.60. The first-order valence-corrected chi connectivity index (χ1v) is 5.75. The lowest BCUT2D eigenvalue weighted by Crippen LogP contribution is -2.49. The maximum absolute atomic E-state index is 11.5.